The molecule has 1 aromatic carbocycles. The normalized spacial score (nSPS) is 15.2. The minimum Gasteiger partial charge on any atom is -0.469 e. The molecule has 0 radical (unpaired) electrons. The first-order valence-corrected chi connectivity index (χ1v) is 8.07. The SMILES string of the molecule is Cc1occc1C(=O)N1CCN(C(=O)c2ccc(C(F)(F)F)cc2)CC1. The van der Waals surface area contributed by atoms with Crippen molar-refractivity contribution in [3.8, 4) is 0 Å². The summed E-state index contributed by atoms with van der Waals surface area (Å²) in [5.74, 6) is 0.0430. The van der Waals surface area contributed by atoms with Crippen LogP contribution in [0.3, 0.4) is 0 Å². The van der Waals surface area contributed by atoms with Crippen LogP contribution in [-0.4, -0.2) is 47.8 Å². The summed E-state index contributed by atoms with van der Waals surface area (Å²) in [6, 6.07) is 5.76. The molecule has 1 aromatic heterocycles. The molecule has 2 amide bonds. The highest BCUT2D eigenvalue weighted by Gasteiger charge is 2.31. The van der Waals surface area contributed by atoms with Crippen LogP contribution in [0.5, 0.6) is 0 Å². The van der Waals surface area contributed by atoms with Crippen LogP contribution in [0.4, 0.5) is 13.2 Å². The second-order valence-corrected chi connectivity index (χ2v) is 6.05. The number of carbonyl (C=O) groups is 2. The number of halogens is 3. The Hall–Kier alpha value is -2.77. The van der Waals surface area contributed by atoms with Gasteiger partial charge in [0.1, 0.15) is 5.76 Å². The molecule has 2 heterocycles. The Morgan fingerprint density at radius 3 is 1.92 bits per heavy atom. The lowest BCUT2D eigenvalue weighted by molar-refractivity contribution is -0.137. The van der Waals surface area contributed by atoms with Crippen molar-refractivity contribution in [3.05, 3.63) is 59.0 Å². The predicted octanol–water partition coefficient (Wildman–Crippen LogP) is 3.21. The largest absolute Gasteiger partial charge is 0.469 e. The topological polar surface area (TPSA) is 53.8 Å². The molecular formula is C18H17F3N2O3. The highest BCUT2D eigenvalue weighted by atomic mass is 19.4. The smallest absolute Gasteiger partial charge is 0.416 e. The van der Waals surface area contributed by atoms with Crippen LogP contribution < -0.4 is 0 Å². The number of benzene rings is 1. The Balaban J connectivity index is 1.62. The highest BCUT2D eigenvalue weighted by molar-refractivity contribution is 5.96. The number of rotatable bonds is 2. The van der Waals surface area contributed by atoms with Crippen LogP contribution in [0.25, 0.3) is 0 Å². The molecule has 0 unspecified atom stereocenters. The van der Waals surface area contributed by atoms with Gasteiger partial charge in [0.05, 0.1) is 17.4 Å². The molecule has 0 N–H and O–H groups in total. The third-order valence-corrected chi connectivity index (χ3v) is 4.40. The molecule has 138 valence electrons. The molecule has 5 nitrogen and oxygen atoms in total. The van der Waals surface area contributed by atoms with Crippen molar-refractivity contribution in [1.82, 2.24) is 9.80 Å². The quantitative estimate of drug-likeness (QED) is 0.820. The van der Waals surface area contributed by atoms with Crippen molar-refractivity contribution < 1.29 is 27.2 Å². The van der Waals surface area contributed by atoms with Gasteiger partial charge in [0.2, 0.25) is 0 Å². The van der Waals surface area contributed by atoms with Gasteiger partial charge in [0.15, 0.2) is 0 Å². The zero-order valence-corrected chi connectivity index (χ0v) is 14.0. The number of hydrogen-bond donors (Lipinski definition) is 0. The van der Waals surface area contributed by atoms with E-state index < -0.39 is 11.7 Å². The fourth-order valence-corrected chi connectivity index (χ4v) is 2.87. The Morgan fingerprint density at radius 2 is 1.46 bits per heavy atom. The number of carbonyl (C=O) groups excluding carboxylic acids is 2. The number of furan rings is 1. The summed E-state index contributed by atoms with van der Waals surface area (Å²) in [7, 11) is 0. The number of piperazine rings is 1. The predicted molar refractivity (Wildman–Crippen MR) is 86.7 cm³/mol. The van der Waals surface area contributed by atoms with Gasteiger partial charge in [-0.1, -0.05) is 0 Å². The molecule has 0 saturated carbocycles. The molecule has 1 saturated heterocycles. The zero-order chi connectivity index (χ0) is 18.9. The van der Waals surface area contributed by atoms with Crippen molar-refractivity contribution in [1.29, 1.82) is 0 Å². The van der Waals surface area contributed by atoms with Crippen LogP contribution >= 0.6 is 0 Å². The van der Waals surface area contributed by atoms with Crippen LogP contribution in [0.2, 0.25) is 0 Å². The first-order valence-electron chi connectivity index (χ1n) is 8.07. The number of nitrogens with zero attached hydrogens (tertiary/aromatic N) is 2. The molecule has 0 spiro atoms. The minimum atomic E-state index is -4.43. The number of amides is 2. The molecule has 1 aliphatic rings. The minimum absolute atomic E-state index is 0.155. The monoisotopic (exact) mass is 366 g/mol. The van der Waals surface area contributed by atoms with Crippen LogP contribution in [0.1, 0.15) is 32.0 Å². The lowest BCUT2D eigenvalue weighted by atomic mass is 10.1. The Morgan fingerprint density at radius 1 is 0.923 bits per heavy atom. The molecule has 0 aliphatic carbocycles. The van der Waals surface area contributed by atoms with E-state index in [1.807, 2.05) is 0 Å². The van der Waals surface area contributed by atoms with Crippen molar-refractivity contribution in [2.24, 2.45) is 0 Å². The second kappa shape index (κ2) is 6.86. The number of hydrogen-bond acceptors (Lipinski definition) is 3. The van der Waals surface area contributed by atoms with Gasteiger partial charge in [-0.3, -0.25) is 9.59 Å². The van der Waals surface area contributed by atoms with E-state index in [0.29, 0.717) is 37.5 Å². The van der Waals surface area contributed by atoms with E-state index in [1.165, 1.54) is 23.3 Å². The average Bonchev–Trinajstić information content (AvgIpc) is 3.06. The number of alkyl halides is 3. The van der Waals surface area contributed by atoms with Crippen molar-refractivity contribution in [2.45, 2.75) is 13.1 Å². The molecule has 0 bridgehead atoms. The maximum Gasteiger partial charge on any atom is 0.416 e. The summed E-state index contributed by atoms with van der Waals surface area (Å²) < 4.78 is 42.9. The fraction of sp³-hybridized carbons (Fsp3) is 0.333. The third kappa shape index (κ3) is 3.58. The Bertz CT molecular complexity index is 804. The number of aryl methyl sites for hydroxylation is 1. The van der Waals surface area contributed by atoms with E-state index in [9.17, 15) is 22.8 Å². The lowest BCUT2D eigenvalue weighted by Gasteiger charge is -2.34. The summed E-state index contributed by atoms with van der Waals surface area (Å²) in [4.78, 5) is 28.0. The molecule has 26 heavy (non-hydrogen) atoms. The van der Waals surface area contributed by atoms with Gasteiger partial charge in [-0.25, -0.2) is 0 Å². The molecule has 1 fully saturated rings. The van der Waals surface area contributed by atoms with Gasteiger partial charge in [-0.15, -0.1) is 0 Å². The summed E-state index contributed by atoms with van der Waals surface area (Å²) in [5.41, 5.74) is -0.101. The van der Waals surface area contributed by atoms with Gasteiger partial charge >= 0.3 is 6.18 Å². The molecule has 8 heteroatoms. The van der Waals surface area contributed by atoms with Crippen LogP contribution in [0.15, 0.2) is 41.0 Å². The summed E-state index contributed by atoms with van der Waals surface area (Å²) in [5, 5.41) is 0. The van der Waals surface area contributed by atoms with Crippen LogP contribution in [0, 0.1) is 6.92 Å². The van der Waals surface area contributed by atoms with E-state index in [4.69, 9.17) is 4.42 Å². The van der Waals surface area contributed by atoms with Gasteiger partial charge in [-0.2, -0.15) is 13.2 Å². The fourth-order valence-electron chi connectivity index (χ4n) is 2.87. The van der Waals surface area contributed by atoms with Gasteiger partial charge in [0, 0.05) is 31.7 Å². The Labute approximate surface area is 148 Å². The molecule has 2 aromatic rings. The van der Waals surface area contributed by atoms with E-state index in [1.54, 1.807) is 17.9 Å². The average molecular weight is 366 g/mol. The first kappa shape index (κ1) is 18.0. The van der Waals surface area contributed by atoms with E-state index >= 15 is 0 Å². The molecule has 3 rings (SSSR count). The second-order valence-electron chi connectivity index (χ2n) is 6.05. The zero-order valence-electron chi connectivity index (χ0n) is 14.0. The van der Waals surface area contributed by atoms with Gasteiger partial charge in [0.25, 0.3) is 11.8 Å². The third-order valence-electron chi connectivity index (χ3n) is 4.40. The summed E-state index contributed by atoms with van der Waals surface area (Å²) in [6.07, 6.45) is -2.98. The summed E-state index contributed by atoms with van der Waals surface area (Å²) in [6.45, 7) is 3.06. The lowest BCUT2D eigenvalue weighted by Crippen LogP contribution is -2.50. The van der Waals surface area contributed by atoms with E-state index in [0.717, 1.165) is 12.1 Å². The standard InChI is InChI=1S/C18H17F3N2O3/c1-12-15(6-11-26-12)17(25)23-9-7-22(8-10-23)16(24)13-2-4-14(5-3-13)18(19,20)21/h2-6,11H,7-10H2,1H3. The van der Waals surface area contributed by atoms with E-state index in [-0.39, 0.29) is 17.4 Å². The van der Waals surface area contributed by atoms with E-state index in [2.05, 4.69) is 0 Å². The van der Waals surface area contributed by atoms with Crippen LogP contribution in [-0.2, 0) is 6.18 Å². The van der Waals surface area contributed by atoms with Gasteiger partial charge < -0.3 is 14.2 Å². The van der Waals surface area contributed by atoms with Crippen molar-refractivity contribution in [2.75, 3.05) is 26.2 Å². The maximum atomic E-state index is 12.6. The molecular weight excluding hydrogens is 349 g/mol. The maximum absolute atomic E-state index is 12.6. The molecule has 0 atom stereocenters. The summed E-state index contributed by atoms with van der Waals surface area (Å²) >= 11 is 0. The highest BCUT2D eigenvalue weighted by Crippen LogP contribution is 2.29. The Kier molecular flexibility index (Phi) is 4.76. The van der Waals surface area contributed by atoms with Crippen molar-refractivity contribution >= 4 is 11.8 Å². The van der Waals surface area contributed by atoms with Crippen molar-refractivity contribution in [3.63, 3.8) is 0 Å². The first-order chi connectivity index (χ1) is 12.3. The van der Waals surface area contributed by atoms with Gasteiger partial charge in [-0.05, 0) is 37.3 Å². The molecule has 1 aliphatic heterocycles.